The van der Waals surface area contributed by atoms with Crippen molar-refractivity contribution in [2.45, 2.75) is 31.7 Å². The molecular formula is C9H13NO3. The molecule has 1 heterocycles. The molecule has 0 unspecified atom stereocenters. The van der Waals surface area contributed by atoms with E-state index in [0.29, 0.717) is 6.04 Å². The number of amides is 1. The predicted octanol–water partition coefficient (Wildman–Crippen LogP) is 0.218. The SMILES string of the molecule is COC(=O)C[C@]12CC[C@H](C1)NC2=O. The Kier molecular flexibility index (Phi) is 1.78. The second-order valence-electron chi connectivity index (χ2n) is 3.95. The molecule has 0 aromatic carbocycles. The lowest BCUT2D eigenvalue weighted by Crippen LogP contribution is -2.38. The minimum absolute atomic E-state index is 0.0363. The summed E-state index contributed by atoms with van der Waals surface area (Å²) in [5.74, 6) is -0.244. The molecular weight excluding hydrogens is 170 g/mol. The van der Waals surface area contributed by atoms with Gasteiger partial charge in [0.05, 0.1) is 18.9 Å². The van der Waals surface area contributed by atoms with Crippen LogP contribution in [0.15, 0.2) is 0 Å². The van der Waals surface area contributed by atoms with E-state index in [1.54, 1.807) is 0 Å². The molecule has 13 heavy (non-hydrogen) atoms. The summed E-state index contributed by atoms with van der Waals surface area (Å²) in [4.78, 5) is 22.6. The molecule has 2 rings (SSSR count). The number of rotatable bonds is 2. The average molecular weight is 183 g/mol. The number of hydrogen-bond donors (Lipinski definition) is 1. The maximum atomic E-state index is 11.5. The highest BCUT2D eigenvalue weighted by Crippen LogP contribution is 2.46. The molecule has 1 saturated carbocycles. The van der Waals surface area contributed by atoms with E-state index in [-0.39, 0.29) is 18.3 Å². The first-order valence-corrected chi connectivity index (χ1v) is 4.54. The first-order valence-electron chi connectivity index (χ1n) is 4.54. The van der Waals surface area contributed by atoms with Crippen molar-refractivity contribution in [3.63, 3.8) is 0 Å². The fraction of sp³-hybridized carbons (Fsp3) is 0.778. The molecule has 2 atom stereocenters. The number of nitrogens with one attached hydrogen (secondary N) is 1. The number of ether oxygens (including phenoxy) is 1. The van der Waals surface area contributed by atoms with Gasteiger partial charge >= 0.3 is 5.97 Å². The van der Waals surface area contributed by atoms with Crippen molar-refractivity contribution in [3.8, 4) is 0 Å². The lowest BCUT2D eigenvalue weighted by atomic mass is 9.83. The van der Waals surface area contributed by atoms with Gasteiger partial charge in [-0.2, -0.15) is 0 Å². The number of methoxy groups -OCH3 is 1. The van der Waals surface area contributed by atoms with Crippen LogP contribution in [0.4, 0.5) is 0 Å². The van der Waals surface area contributed by atoms with Crippen LogP contribution in [0.3, 0.4) is 0 Å². The van der Waals surface area contributed by atoms with Crippen LogP contribution in [0, 0.1) is 5.41 Å². The molecule has 1 N–H and O–H groups in total. The molecule has 0 aromatic heterocycles. The number of carbonyl (C=O) groups excluding carboxylic acids is 2. The summed E-state index contributed by atoms with van der Waals surface area (Å²) in [6.45, 7) is 0. The van der Waals surface area contributed by atoms with Gasteiger partial charge in [-0.1, -0.05) is 0 Å². The van der Waals surface area contributed by atoms with Gasteiger partial charge in [0.15, 0.2) is 0 Å². The van der Waals surface area contributed by atoms with Crippen LogP contribution in [0.2, 0.25) is 0 Å². The number of fused-ring (bicyclic) bond motifs is 2. The van der Waals surface area contributed by atoms with Gasteiger partial charge in [0.25, 0.3) is 0 Å². The Bertz CT molecular complexity index is 264. The predicted molar refractivity (Wildman–Crippen MR) is 44.8 cm³/mol. The zero-order valence-electron chi connectivity index (χ0n) is 7.63. The third-order valence-corrected chi connectivity index (χ3v) is 3.14. The smallest absolute Gasteiger partial charge is 0.306 e. The van der Waals surface area contributed by atoms with Gasteiger partial charge in [0, 0.05) is 6.04 Å². The Balaban J connectivity index is 2.11. The topological polar surface area (TPSA) is 55.4 Å². The zero-order valence-corrected chi connectivity index (χ0v) is 7.63. The number of hydrogen-bond acceptors (Lipinski definition) is 3. The van der Waals surface area contributed by atoms with E-state index in [4.69, 9.17) is 0 Å². The Labute approximate surface area is 76.6 Å². The van der Waals surface area contributed by atoms with Crippen LogP contribution in [-0.2, 0) is 14.3 Å². The van der Waals surface area contributed by atoms with Crippen LogP contribution in [0.25, 0.3) is 0 Å². The van der Waals surface area contributed by atoms with Crippen molar-refractivity contribution in [1.82, 2.24) is 5.32 Å². The van der Waals surface area contributed by atoms with Crippen molar-refractivity contribution in [2.75, 3.05) is 7.11 Å². The second kappa shape index (κ2) is 2.72. The molecule has 1 saturated heterocycles. The van der Waals surface area contributed by atoms with Crippen molar-refractivity contribution in [1.29, 1.82) is 0 Å². The molecule has 4 heteroatoms. The molecule has 2 bridgehead atoms. The second-order valence-corrected chi connectivity index (χ2v) is 3.95. The van der Waals surface area contributed by atoms with E-state index >= 15 is 0 Å². The summed E-state index contributed by atoms with van der Waals surface area (Å²) in [5.41, 5.74) is -0.433. The van der Waals surface area contributed by atoms with E-state index < -0.39 is 5.41 Å². The van der Waals surface area contributed by atoms with E-state index in [0.717, 1.165) is 19.3 Å². The Morgan fingerprint density at radius 2 is 2.54 bits per heavy atom. The normalized spacial score (nSPS) is 36.1. The maximum Gasteiger partial charge on any atom is 0.306 e. The molecule has 2 fully saturated rings. The molecule has 0 radical (unpaired) electrons. The van der Waals surface area contributed by atoms with Crippen LogP contribution in [0.5, 0.6) is 0 Å². The standard InChI is InChI=1S/C9H13NO3/c1-13-7(11)5-9-3-2-6(4-9)10-8(9)12/h6H,2-5H2,1H3,(H,10,12)/t6-,9+/m1/s1. The number of esters is 1. The first kappa shape index (κ1) is 8.53. The van der Waals surface area contributed by atoms with Gasteiger partial charge in [-0.15, -0.1) is 0 Å². The third kappa shape index (κ3) is 1.20. The minimum atomic E-state index is -0.433. The van der Waals surface area contributed by atoms with Crippen molar-refractivity contribution in [3.05, 3.63) is 0 Å². The van der Waals surface area contributed by atoms with Gasteiger partial charge in [-0.3, -0.25) is 9.59 Å². The van der Waals surface area contributed by atoms with Crippen molar-refractivity contribution < 1.29 is 14.3 Å². The highest BCUT2D eigenvalue weighted by Gasteiger charge is 2.52. The van der Waals surface area contributed by atoms with E-state index in [1.165, 1.54) is 7.11 Å². The fourth-order valence-corrected chi connectivity index (χ4v) is 2.38. The molecule has 1 amide bonds. The first-order chi connectivity index (χ1) is 6.16. The monoisotopic (exact) mass is 183 g/mol. The van der Waals surface area contributed by atoms with Crippen LogP contribution >= 0.6 is 0 Å². The summed E-state index contributed by atoms with van der Waals surface area (Å²) in [6, 6.07) is 0.303. The van der Waals surface area contributed by atoms with Crippen LogP contribution in [-0.4, -0.2) is 25.0 Å². The fourth-order valence-electron chi connectivity index (χ4n) is 2.38. The van der Waals surface area contributed by atoms with Gasteiger partial charge in [-0.25, -0.2) is 0 Å². The minimum Gasteiger partial charge on any atom is -0.469 e. The van der Waals surface area contributed by atoms with Crippen LogP contribution in [0.1, 0.15) is 25.7 Å². The number of piperidine rings is 1. The lowest BCUT2D eigenvalue weighted by Gasteiger charge is -2.22. The Hall–Kier alpha value is -1.06. The number of carbonyl (C=O) groups is 2. The van der Waals surface area contributed by atoms with E-state index in [9.17, 15) is 9.59 Å². The van der Waals surface area contributed by atoms with Gasteiger partial charge in [-0.05, 0) is 19.3 Å². The molecule has 1 aliphatic carbocycles. The largest absolute Gasteiger partial charge is 0.469 e. The summed E-state index contributed by atoms with van der Waals surface area (Å²) in [7, 11) is 1.36. The van der Waals surface area contributed by atoms with Gasteiger partial charge in [0.1, 0.15) is 0 Å². The van der Waals surface area contributed by atoms with Crippen LogP contribution < -0.4 is 5.32 Å². The van der Waals surface area contributed by atoms with E-state index in [1.807, 2.05) is 0 Å². The zero-order chi connectivity index (χ0) is 9.47. The quantitative estimate of drug-likeness (QED) is 0.623. The summed E-state index contributed by atoms with van der Waals surface area (Å²) >= 11 is 0. The highest BCUT2D eigenvalue weighted by atomic mass is 16.5. The summed E-state index contributed by atoms with van der Waals surface area (Å²) in [5, 5.41) is 2.88. The average Bonchev–Trinajstić information content (AvgIpc) is 2.61. The lowest BCUT2D eigenvalue weighted by molar-refractivity contribution is -0.147. The maximum absolute atomic E-state index is 11.5. The molecule has 2 aliphatic rings. The molecule has 0 spiro atoms. The van der Waals surface area contributed by atoms with Crippen molar-refractivity contribution in [2.24, 2.45) is 5.41 Å². The Morgan fingerprint density at radius 3 is 3.00 bits per heavy atom. The summed E-state index contributed by atoms with van der Waals surface area (Å²) < 4.78 is 4.59. The molecule has 4 nitrogen and oxygen atoms in total. The molecule has 1 aliphatic heterocycles. The van der Waals surface area contributed by atoms with E-state index in [2.05, 4.69) is 10.1 Å². The van der Waals surface area contributed by atoms with Gasteiger partial charge in [0.2, 0.25) is 5.91 Å². The summed E-state index contributed by atoms with van der Waals surface area (Å²) in [6.07, 6.45) is 2.88. The molecule has 72 valence electrons. The Morgan fingerprint density at radius 1 is 1.77 bits per heavy atom. The molecule has 0 aromatic rings. The van der Waals surface area contributed by atoms with Gasteiger partial charge < -0.3 is 10.1 Å². The highest BCUT2D eigenvalue weighted by molar-refractivity contribution is 5.90. The van der Waals surface area contributed by atoms with Crippen molar-refractivity contribution >= 4 is 11.9 Å². The third-order valence-electron chi connectivity index (χ3n) is 3.14.